The van der Waals surface area contributed by atoms with Crippen molar-refractivity contribution in [3.8, 4) is 0 Å². The van der Waals surface area contributed by atoms with Gasteiger partial charge in [0.2, 0.25) is 11.9 Å². The molecule has 1 amide bonds. The molecule has 0 radical (unpaired) electrons. The number of fused-ring (bicyclic) bond motifs is 1. The van der Waals surface area contributed by atoms with Crippen LogP contribution < -0.4 is 5.32 Å². The van der Waals surface area contributed by atoms with E-state index in [-0.39, 0.29) is 12.8 Å². The van der Waals surface area contributed by atoms with Crippen LogP contribution in [0, 0.1) is 0 Å². The summed E-state index contributed by atoms with van der Waals surface area (Å²) in [5, 5.41) is 21.0. The molecule has 0 atom stereocenters. The molecule has 7 nitrogen and oxygen atoms in total. The Morgan fingerprint density at radius 2 is 1.90 bits per heavy atom. The van der Waals surface area contributed by atoms with Crippen LogP contribution in [0.4, 0.5) is 0 Å². The zero-order valence-electron chi connectivity index (χ0n) is 10.3. The predicted octanol–water partition coefficient (Wildman–Crippen LogP) is 0.364. The third kappa shape index (κ3) is 2.09. The lowest BCUT2D eigenvalue weighted by Crippen LogP contribution is -2.59. The van der Waals surface area contributed by atoms with Gasteiger partial charge in [-0.25, -0.2) is 9.59 Å². The quantitative estimate of drug-likeness (QED) is 0.448. The molecule has 7 heteroatoms. The number of hydrogen-bond donors (Lipinski definition) is 4. The van der Waals surface area contributed by atoms with Crippen LogP contribution in [0.15, 0.2) is 30.5 Å². The molecule has 1 aromatic heterocycles. The van der Waals surface area contributed by atoms with Crippen molar-refractivity contribution in [2.45, 2.75) is 12.0 Å². The highest BCUT2D eigenvalue weighted by Gasteiger charge is 2.47. The van der Waals surface area contributed by atoms with Gasteiger partial charge in [-0.2, -0.15) is 0 Å². The number of H-pyrrole nitrogens is 1. The van der Waals surface area contributed by atoms with Crippen LogP contribution in [0.1, 0.15) is 5.56 Å². The molecule has 2 aromatic rings. The molecular formula is C13H12N2O5. The van der Waals surface area contributed by atoms with Crippen molar-refractivity contribution in [2.75, 3.05) is 0 Å². The third-order valence-electron chi connectivity index (χ3n) is 3.17. The van der Waals surface area contributed by atoms with E-state index in [4.69, 9.17) is 0 Å². The molecule has 0 bridgehead atoms. The molecular weight excluding hydrogens is 264 g/mol. The number of aromatic nitrogens is 1. The Kier molecular flexibility index (Phi) is 3.43. The standard InChI is InChI=1S/C13H12N2O5/c16-7-15-13(11(17)18,12(19)20)5-8-6-14-10-4-2-1-3-9(8)10/h1-4,6-7,14H,5H2,(H,15,16)(H,17,18)(H,19,20). The molecule has 20 heavy (non-hydrogen) atoms. The first-order chi connectivity index (χ1) is 9.51. The van der Waals surface area contributed by atoms with E-state index in [0.29, 0.717) is 10.9 Å². The van der Waals surface area contributed by atoms with Crippen LogP contribution in [-0.4, -0.2) is 39.1 Å². The molecule has 104 valence electrons. The fourth-order valence-corrected chi connectivity index (χ4v) is 2.08. The van der Waals surface area contributed by atoms with Gasteiger partial charge >= 0.3 is 11.9 Å². The fourth-order valence-electron chi connectivity index (χ4n) is 2.08. The van der Waals surface area contributed by atoms with Crippen molar-refractivity contribution in [1.29, 1.82) is 0 Å². The maximum atomic E-state index is 11.3. The SMILES string of the molecule is O=CNC(Cc1c[nH]c2ccccc12)(C(=O)O)C(=O)O. The number of carboxylic acid groups (broad SMARTS) is 2. The average molecular weight is 276 g/mol. The Balaban J connectivity index is 2.49. The Morgan fingerprint density at radius 3 is 2.50 bits per heavy atom. The first-order valence-electron chi connectivity index (χ1n) is 5.74. The highest BCUT2D eigenvalue weighted by atomic mass is 16.4. The number of carbonyl (C=O) groups excluding carboxylic acids is 1. The first kappa shape index (κ1) is 13.6. The summed E-state index contributed by atoms with van der Waals surface area (Å²) in [5.74, 6) is -3.25. The number of benzene rings is 1. The van der Waals surface area contributed by atoms with Crippen LogP contribution in [0.3, 0.4) is 0 Å². The molecule has 4 N–H and O–H groups in total. The van der Waals surface area contributed by atoms with E-state index in [1.807, 2.05) is 5.32 Å². The van der Waals surface area contributed by atoms with E-state index in [1.54, 1.807) is 24.3 Å². The minimum absolute atomic E-state index is 0.0804. The number of nitrogens with one attached hydrogen (secondary N) is 2. The number of aromatic amines is 1. The molecule has 1 heterocycles. The topological polar surface area (TPSA) is 119 Å². The zero-order chi connectivity index (χ0) is 14.8. The van der Waals surface area contributed by atoms with Crippen molar-refractivity contribution in [3.63, 3.8) is 0 Å². The van der Waals surface area contributed by atoms with Crippen LogP contribution in [0.2, 0.25) is 0 Å². The molecule has 0 unspecified atom stereocenters. The predicted molar refractivity (Wildman–Crippen MR) is 69.2 cm³/mol. The number of aliphatic carboxylic acids is 2. The zero-order valence-corrected chi connectivity index (χ0v) is 10.3. The second-order valence-electron chi connectivity index (χ2n) is 4.31. The minimum atomic E-state index is -2.38. The summed E-state index contributed by atoms with van der Waals surface area (Å²) < 4.78 is 0. The van der Waals surface area contributed by atoms with E-state index < -0.39 is 17.5 Å². The minimum Gasteiger partial charge on any atom is -0.479 e. The molecule has 2 rings (SSSR count). The largest absolute Gasteiger partial charge is 0.479 e. The number of para-hydroxylation sites is 1. The smallest absolute Gasteiger partial charge is 0.341 e. The second-order valence-corrected chi connectivity index (χ2v) is 4.31. The summed E-state index contributed by atoms with van der Waals surface area (Å²) >= 11 is 0. The van der Waals surface area contributed by atoms with Gasteiger partial charge in [-0.1, -0.05) is 18.2 Å². The number of amides is 1. The fraction of sp³-hybridized carbons (Fsp3) is 0.154. The third-order valence-corrected chi connectivity index (χ3v) is 3.17. The Labute approximate surface area is 113 Å². The van der Waals surface area contributed by atoms with E-state index in [9.17, 15) is 24.6 Å². The average Bonchev–Trinajstić information content (AvgIpc) is 2.81. The van der Waals surface area contributed by atoms with Gasteiger partial charge in [-0.15, -0.1) is 0 Å². The summed E-state index contributed by atoms with van der Waals surface area (Å²) in [6.07, 6.45) is 1.26. The van der Waals surface area contributed by atoms with E-state index in [1.165, 1.54) is 6.20 Å². The summed E-state index contributed by atoms with van der Waals surface area (Å²) in [6, 6.07) is 7.09. The molecule has 1 aromatic carbocycles. The molecule has 0 spiro atoms. The van der Waals surface area contributed by atoms with Crippen LogP contribution in [-0.2, 0) is 20.8 Å². The number of hydrogen-bond acceptors (Lipinski definition) is 3. The lowest BCUT2D eigenvalue weighted by molar-refractivity contribution is -0.160. The first-order valence-corrected chi connectivity index (χ1v) is 5.74. The lowest BCUT2D eigenvalue weighted by atomic mass is 9.91. The Bertz CT molecular complexity index is 662. The number of rotatable bonds is 6. The summed E-state index contributed by atoms with van der Waals surface area (Å²) in [4.78, 5) is 36.1. The molecule has 0 aliphatic heterocycles. The summed E-state index contributed by atoms with van der Waals surface area (Å²) in [5.41, 5.74) is -1.12. The number of carbonyl (C=O) groups is 3. The van der Waals surface area contributed by atoms with Gasteiger partial charge in [-0.05, 0) is 11.6 Å². The van der Waals surface area contributed by atoms with Crippen molar-refractivity contribution in [2.24, 2.45) is 0 Å². The van der Waals surface area contributed by atoms with Crippen molar-refractivity contribution < 1.29 is 24.6 Å². The maximum absolute atomic E-state index is 11.3. The van der Waals surface area contributed by atoms with E-state index >= 15 is 0 Å². The van der Waals surface area contributed by atoms with Gasteiger partial charge in [0.15, 0.2) is 0 Å². The molecule has 0 fully saturated rings. The number of carboxylic acids is 2. The highest BCUT2D eigenvalue weighted by Crippen LogP contribution is 2.23. The van der Waals surface area contributed by atoms with E-state index in [0.717, 1.165) is 5.52 Å². The highest BCUT2D eigenvalue weighted by molar-refractivity contribution is 6.05. The van der Waals surface area contributed by atoms with Crippen molar-refractivity contribution in [3.05, 3.63) is 36.0 Å². The van der Waals surface area contributed by atoms with Gasteiger partial charge in [-0.3, -0.25) is 4.79 Å². The van der Waals surface area contributed by atoms with Gasteiger partial charge < -0.3 is 20.5 Å². The summed E-state index contributed by atoms with van der Waals surface area (Å²) in [6.45, 7) is 0. The van der Waals surface area contributed by atoms with Gasteiger partial charge in [0, 0.05) is 23.5 Å². The van der Waals surface area contributed by atoms with Gasteiger partial charge in [0.05, 0.1) is 0 Å². The van der Waals surface area contributed by atoms with Crippen molar-refractivity contribution in [1.82, 2.24) is 10.3 Å². The Morgan fingerprint density at radius 1 is 1.25 bits per heavy atom. The van der Waals surface area contributed by atoms with Gasteiger partial charge in [0.1, 0.15) is 0 Å². The Hall–Kier alpha value is -2.83. The monoisotopic (exact) mass is 276 g/mol. The van der Waals surface area contributed by atoms with Crippen LogP contribution in [0.25, 0.3) is 10.9 Å². The summed E-state index contributed by atoms with van der Waals surface area (Å²) in [7, 11) is 0. The van der Waals surface area contributed by atoms with Crippen molar-refractivity contribution >= 4 is 29.3 Å². The molecule has 0 aliphatic carbocycles. The maximum Gasteiger partial charge on any atom is 0.341 e. The lowest BCUT2D eigenvalue weighted by Gasteiger charge is -2.23. The molecule has 0 saturated heterocycles. The van der Waals surface area contributed by atoms with E-state index in [2.05, 4.69) is 4.98 Å². The van der Waals surface area contributed by atoms with Gasteiger partial charge in [0.25, 0.3) is 0 Å². The second kappa shape index (κ2) is 5.04. The molecule has 0 aliphatic rings. The van der Waals surface area contributed by atoms with Crippen LogP contribution in [0.5, 0.6) is 0 Å². The normalized spacial score (nSPS) is 11.2. The van der Waals surface area contributed by atoms with Crippen LogP contribution >= 0.6 is 0 Å². The molecule has 0 saturated carbocycles.